The Kier molecular flexibility index (Phi) is 37.0. The quantitative estimate of drug-likeness (QED) is 0.107. The van der Waals surface area contributed by atoms with Gasteiger partial charge in [-0.05, 0) is 95.7 Å². The van der Waals surface area contributed by atoms with E-state index in [0.29, 0.717) is 35.5 Å². The number of benzene rings is 12. The van der Waals surface area contributed by atoms with Gasteiger partial charge in [-0.15, -0.1) is 154 Å². The molecule has 12 aromatic carbocycles. The van der Waals surface area contributed by atoms with E-state index >= 15 is 0 Å². The van der Waals surface area contributed by atoms with Gasteiger partial charge in [-0.3, -0.25) is 4.39 Å². The summed E-state index contributed by atoms with van der Waals surface area (Å²) in [5, 5.41) is 3.12. The number of fused-ring (bicyclic) bond motifs is 8. The number of para-hydroxylation sites is 2. The van der Waals surface area contributed by atoms with Gasteiger partial charge in [-0.1, -0.05) is 105 Å². The average molecular weight is 2860 g/mol. The molecule has 0 saturated carbocycles. The molecule has 20 heteroatoms. The molecule has 4 aliphatic rings. The second kappa shape index (κ2) is 52.6. The standard InChI is InChI=1S/C20H17N2Se.C20H16NSe.C19H16N3.C19H16NSeSi.C14H14N.C13H12N.C12H10N.C11H7FN.4Ir/c1-13-10-11-18-19(14(13)2)23-20-15(16-8-4-5-12-21-16)7-6-9-17(20)22(18)3;1-20(2)15-9-3-4-11-17(15)22-18-12-7-8-14(19(18)20)16-10-5-6-13-21-16;1-21-16-10-3-4-11-17(16)22(2)19-14(8-7-12-18(19)21)15-9-5-6-13-20-15;1-22(2)18-12-4-3-10-16(18)21-17-11-7-8-14(19(17)22)15-9-5-6-13-20-15;1-10-8-13(9-11(2)12(10)3)14-6-4-5-7-15-14;1-10-8-13(14-9-11(10)2)12-6-4-3-5-7-12;1-10-5-7-11(8-6-10)12-4-2-3-9-13-12;12-10-6-4-9(5-7-10)11-3-1-2-8-13-11;;;;/h4-6,8-12H,1-3H3;3*3-7,9-13H,1-2H3;4-8H,1-3H3;3-6,8-9H,1-2H3;2-7,9H,1H3;1-4,6-8H;;;;/q8*-1;;;;/i3D3;;;;;;1D3;;;;;. The van der Waals surface area contributed by atoms with Crippen LogP contribution in [0.4, 0.5) is 38.5 Å². The molecule has 4 radical (unpaired) electrons. The summed E-state index contributed by atoms with van der Waals surface area (Å²) in [6, 6.07) is 135. The number of pyridine rings is 8. The molecule has 8 aromatic heterocycles. The van der Waals surface area contributed by atoms with Crippen LogP contribution in [0.3, 0.4) is 0 Å². The predicted molar refractivity (Wildman–Crippen MR) is 600 cm³/mol. The zero-order valence-corrected chi connectivity index (χ0v) is 99.4. The van der Waals surface area contributed by atoms with Crippen LogP contribution in [-0.2, 0) is 85.8 Å². The topological polar surface area (TPSA) is 113 Å². The molecule has 0 fully saturated rings. The monoisotopic (exact) mass is 2860 g/mol. The molecule has 0 atom stereocenters. The minimum absolute atomic E-state index is 0. The van der Waals surface area contributed by atoms with E-state index in [4.69, 9.17) is 8.22 Å². The molecule has 0 N–H and O–H groups in total. The SMILES string of the molecule is CC1(C)c2ccccc2[Se]c2cc[c-]c(-c3ccccn3)c21.CN1c2ccccc2N(C)c2c(-c3ccccn3)[c-]ccc21.C[Si]1(C)c2ccccc2[Se]c2cc[c-]c(-c3ccccn3)c21.Cc1[c-]c(-c2ccccn2)cc(C)c1C.Cc1cnc(-c2[c-]cccc2)cc1C.Fc1c[c-]c(-c2ccccn2)cc1.[2H]C([2H])([2H])N1c2cc[c-]c(-c3ccccn3)c2[Se]c2c1ccc(C)c2C.[2H]C([2H])([2H])c1c[c-]c(-c2ccccn2)cc1.[Ir].[Ir].[Ir].[Ir]. The first kappa shape index (κ1) is 104. The number of hydrogen-bond acceptors (Lipinski definition) is 11. The number of hydrogen-bond donors (Lipinski definition) is 0. The van der Waals surface area contributed by atoms with E-state index in [2.05, 4.69) is 321 Å². The molecule has 24 rings (SSSR count). The van der Waals surface area contributed by atoms with E-state index in [-0.39, 0.29) is 107 Å². The van der Waals surface area contributed by atoms with Crippen LogP contribution in [0, 0.1) is 110 Å². The first-order chi connectivity index (χ1) is 72.4. The van der Waals surface area contributed by atoms with Crippen molar-refractivity contribution >= 4 is 124 Å². The third kappa shape index (κ3) is 26.3. The summed E-state index contributed by atoms with van der Waals surface area (Å²) in [5.74, 6) is -0.278. The molecule has 11 nitrogen and oxygen atoms in total. The number of halogens is 1. The normalized spacial score (nSPS) is 12.9. The van der Waals surface area contributed by atoms with Gasteiger partial charge in [0, 0.05) is 135 Å². The third-order valence-corrected chi connectivity index (χ3v) is 37.5. The molecule has 748 valence electrons. The number of nitrogens with zero attached hydrogens (tertiary/aromatic N) is 11. The molecule has 0 aliphatic carbocycles. The van der Waals surface area contributed by atoms with Crippen molar-refractivity contribution in [3.63, 3.8) is 0 Å². The third-order valence-electron chi connectivity index (χ3n) is 25.5. The Hall–Kier alpha value is -12.5. The van der Waals surface area contributed by atoms with Crippen molar-refractivity contribution in [2.45, 2.75) is 87.7 Å². The van der Waals surface area contributed by atoms with Gasteiger partial charge in [0.2, 0.25) is 0 Å². The van der Waals surface area contributed by atoms with E-state index in [1.54, 1.807) is 52.5 Å². The number of anilines is 6. The Morgan fingerprint density at radius 3 is 1.37 bits per heavy atom. The van der Waals surface area contributed by atoms with Gasteiger partial charge in [-0.25, -0.2) is 0 Å². The fourth-order valence-electron chi connectivity index (χ4n) is 17.4. The van der Waals surface area contributed by atoms with Crippen molar-refractivity contribution in [2.75, 3.05) is 35.8 Å². The molecule has 0 amide bonds. The molecule has 0 unspecified atom stereocenters. The van der Waals surface area contributed by atoms with Crippen LogP contribution in [0.2, 0.25) is 13.1 Å². The van der Waals surface area contributed by atoms with Gasteiger partial charge in [0.05, 0.1) is 11.4 Å². The van der Waals surface area contributed by atoms with Crippen molar-refractivity contribution in [1.82, 2.24) is 39.9 Å². The fraction of sp³-hybridized carbons (Fsp3) is 0.125. The summed E-state index contributed by atoms with van der Waals surface area (Å²) in [6.45, 7) is 19.9. The van der Waals surface area contributed by atoms with Crippen molar-refractivity contribution in [3.05, 3.63) is 493 Å². The van der Waals surface area contributed by atoms with E-state index in [1.807, 2.05) is 189 Å². The molecule has 148 heavy (non-hydrogen) atoms. The van der Waals surface area contributed by atoms with Crippen LogP contribution >= 0.6 is 0 Å². The Labute approximate surface area is 954 Å². The number of aromatic nitrogens is 8. The van der Waals surface area contributed by atoms with Gasteiger partial charge in [0.1, 0.15) is 0 Å². The summed E-state index contributed by atoms with van der Waals surface area (Å²) in [6.07, 6.45) is 14.4. The molecular formula is C128H108FIr4N11Se3Si-8. The van der Waals surface area contributed by atoms with Crippen molar-refractivity contribution in [1.29, 1.82) is 0 Å². The first-order valence-electron chi connectivity index (χ1n) is 50.3. The molecule has 4 aliphatic heterocycles. The van der Waals surface area contributed by atoms with Crippen molar-refractivity contribution in [2.24, 2.45) is 0 Å². The predicted octanol–water partition coefficient (Wildman–Crippen LogP) is 23.7. The fourth-order valence-corrected chi connectivity index (χ4v) is 31.8. The molecule has 12 heterocycles. The zero-order chi connectivity index (χ0) is 105. The van der Waals surface area contributed by atoms with Crippen LogP contribution < -0.4 is 51.8 Å². The molecule has 0 saturated heterocycles. The summed E-state index contributed by atoms with van der Waals surface area (Å²) < 4.78 is 66.8. The van der Waals surface area contributed by atoms with Crippen molar-refractivity contribution < 1.29 is 93.0 Å². The van der Waals surface area contributed by atoms with Crippen molar-refractivity contribution in [3.8, 4) is 90.1 Å². The molecule has 0 spiro atoms. The maximum absolute atomic E-state index is 12.6. The second-order valence-corrected chi connectivity index (χ2v) is 46.6. The maximum Gasteiger partial charge on any atom is 0.0177 e. The Morgan fingerprint density at radius 1 is 0.338 bits per heavy atom. The van der Waals surface area contributed by atoms with Gasteiger partial charge in [-0.2, -0.15) is 0 Å². The van der Waals surface area contributed by atoms with Crippen LogP contribution in [0.1, 0.15) is 77.7 Å². The Morgan fingerprint density at radius 2 is 0.818 bits per heavy atom. The van der Waals surface area contributed by atoms with Crippen LogP contribution in [0.15, 0.2) is 383 Å². The Balaban J connectivity index is 0.000000147. The van der Waals surface area contributed by atoms with E-state index < -0.39 is 21.9 Å². The summed E-state index contributed by atoms with van der Waals surface area (Å²) in [5.41, 5.74) is 33.5. The maximum atomic E-state index is 12.6. The Bertz CT molecular complexity index is 7920. The summed E-state index contributed by atoms with van der Waals surface area (Å²) >= 11 is 0.709. The smallest absolute Gasteiger partial charge is 0.0177 e. The van der Waals surface area contributed by atoms with Gasteiger partial charge < -0.3 is 34.7 Å². The minimum Gasteiger partial charge on any atom is -0.305 e. The van der Waals surface area contributed by atoms with E-state index in [1.165, 1.54) is 114 Å². The van der Waals surface area contributed by atoms with E-state index in [0.717, 1.165) is 110 Å². The summed E-state index contributed by atoms with van der Waals surface area (Å²) in [7, 11) is 2.49. The zero-order valence-electron chi connectivity index (χ0n) is 89.7. The molecule has 20 aromatic rings. The van der Waals surface area contributed by atoms with Crippen LogP contribution in [0.25, 0.3) is 90.1 Å². The second-order valence-electron chi connectivity index (χ2n) is 35.6. The van der Waals surface area contributed by atoms with Crippen LogP contribution in [0.5, 0.6) is 0 Å². The largest absolute Gasteiger partial charge is 0.305 e. The van der Waals surface area contributed by atoms with E-state index in [9.17, 15) is 4.39 Å². The van der Waals surface area contributed by atoms with Crippen LogP contribution in [-0.4, -0.2) is 114 Å². The van der Waals surface area contributed by atoms with Gasteiger partial charge in [0.15, 0.2) is 0 Å². The number of rotatable bonds is 8. The minimum atomic E-state index is -2.26. The number of aryl methyl sites for hydroxylation is 6. The van der Waals surface area contributed by atoms with Gasteiger partial charge in [0.25, 0.3) is 0 Å². The summed E-state index contributed by atoms with van der Waals surface area (Å²) in [4.78, 5) is 41.0. The van der Waals surface area contributed by atoms with Gasteiger partial charge >= 0.3 is 423 Å². The first-order valence-corrected chi connectivity index (χ1v) is 55.4. The molecular weight excluding hydrogens is 2740 g/mol. The molecule has 0 bridgehead atoms. The average Bonchev–Trinajstić information content (AvgIpc) is 0.738.